The summed E-state index contributed by atoms with van der Waals surface area (Å²) in [6, 6.07) is 11.3. The number of hydrogen-bond acceptors (Lipinski definition) is 3. The van der Waals surface area contributed by atoms with Crippen LogP contribution >= 0.6 is 0 Å². The molecule has 0 bridgehead atoms. The highest BCUT2D eigenvalue weighted by atomic mass is 16.3. The molecular formula is C19H23N3O3. The van der Waals surface area contributed by atoms with Gasteiger partial charge in [-0.1, -0.05) is 12.1 Å². The molecule has 6 nitrogen and oxygen atoms in total. The number of furan rings is 1. The molecular weight excluding hydrogens is 318 g/mol. The molecule has 2 aromatic rings. The van der Waals surface area contributed by atoms with Crippen molar-refractivity contribution in [1.82, 2.24) is 9.80 Å². The largest absolute Gasteiger partial charge is 0.469 e. The summed E-state index contributed by atoms with van der Waals surface area (Å²) in [6.07, 6.45) is 2.66. The summed E-state index contributed by atoms with van der Waals surface area (Å²) >= 11 is 0. The monoisotopic (exact) mass is 341 g/mol. The highest BCUT2D eigenvalue weighted by molar-refractivity contribution is 5.89. The van der Waals surface area contributed by atoms with Crippen LogP contribution < -0.4 is 5.32 Å². The molecule has 1 aliphatic rings. The van der Waals surface area contributed by atoms with Crippen LogP contribution in [0.25, 0.3) is 0 Å². The van der Waals surface area contributed by atoms with Crippen molar-refractivity contribution in [3.63, 3.8) is 0 Å². The average Bonchev–Trinajstić information content (AvgIpc) is 3.13. The number of anilines is 1. The first-order chi connectivity index (χ1) is 12.1. The summed E-state index contributed by atoms with van der Waals surface area (Å²) in [6.45, 7) is 4.22. The van der Waals surface area contributed by atoms with Crippen molar-refractivity contribution in [2.24, 2.45) is 0 Å². The molecule has 3 amide bonds. The smallest absolute Gasteiger partial charge is 0.321 e. The number of nitrogens with zero attached hydrogens (tertiary/aromatic N) is 2. The van der Waals surface area contributed by atoms with E-state index in [0.29, 0.717) is 39.0 Å². The summed E-state index contributed by atoms with van der Waals surface area (Å²) in [5.41, 5.74) is 1.90. The Labute approximate surface area is 147 Å². The Bertz CT molecular complexity index is 719. The van der Waals surface area contributed by atoms with Crippen LogP contribution in [0.2, 0.25) is 0 Å². The van der Waals surface area contributed by atoms with E-state index in [1.165, 1.54) is 0 Å². The second kappa shape index (κ2) is 7.88. The quantitative estimate of drug-likeness (QED) is 0.930. The number of urea groups is 1. The first-order valence-corrected chi connectivity index (χ1v) is 8.54. The van der Waals surface area contributed by atoms with Gasteiger partial charge in [-0.25, -0.2) is 4.79 Å². The Morgan fingerprint density at radius 3 is 2.52 bits per heavy atom. The van der Waals surface area contributed by atoms with E-state index >= 15 is 0 Å². The highest BCUT2D eigenvalue weighted by Crippen LogP contribution is 2.12. The summed E-state index contributed by atoms with van der Waals surface area (Å²) in [5.74, 6) is 0.930. The lowest BCUT2D eigenvalue weighted by molar-refractivity contribution is -0.132. The molecule has 25 heavy (non-hydrogen) atoms. The van der Waals surface area contributed by atoms with E-state index in [9.17, 15) is 9.59 Å². The first-order valence-electron chi connectivity index (χ1n) is 8.54. The van der Waals surface area contributed by atoms with Crippen molar-refractivity contribution >= 4 is 17.6 Å². The molecule has 1 aliphatic heterocycles. The fourth-order valence-corrected chi connectivity index (χ4v) is 2.93. The molecule has 1 fully saturated rings. The van der Waals surface area contributed by atoms with Gasteiger partial charge in [-0.2, -0.15) is 0 Å². The molecule has 1 aromatic heterocycles. The number of rotatable bonds is 4. The molecule has 6 heteroatoms. The van der Waals surface area contributed by atoms with Gasteiger partial charge >= 0.3 is 6.03 Å². The minimum Gasteiger partial charge on any atom is -0.469 e. The van der Waals surface area contributed by atoms with Gasteiger partial charge in [0.2, 0.25) is 5.91 Å². The third-order valence-electron chi connectivity index (χ3n) is 4.35. The number of benzene rings is 1. The normalized spacial score (nSPS) is 14.4. The van der Waals surface area contributed by atoms with Gasteiger partial charge in [0.05, 0.1) is 6.26 Å². The molecule has 0 saturated carbocycles. The predicted octanol–water partition coefficient (Wildman–Crippen LogP) is 2.90. The Hall–Kier alpha value is -2.76. The number of nitrogens with one attached hydrogen (secondary N) is 1. The van der Waals surface area contributed by atoms with E-state index < -0.39 is 0 Å². The van der Waals surface area contributed by atoms with Crippen molar-refractivity contribution < 1.29 is 14.0 Å². The van der Waals surface area contributed by atoms with Crippen LogP contribution in [0.5, 0.6) is 0 Å². The lowest BCUT2D eigenvalue weighted by atomic mass is 10.2. The van der Waals surface area contributed by atoms with Crippen LogP contribution in [-0.4, -0.2) is 47.9 Å². The topological polar surface area (TPSA) is 65.8 Å². The van der Waals surface area contributed by atoms with Gasteiger partial charge in [0.25, 0.3) is 0 Å². The molecule has 1 N–H and O–H groups in total. The summed E-state index contributed by atoms with van der Waals surface area (Å²) in [4.78, 5) is 28.2. The highest BCUT2D eigenvalue weighted by Gasteiger charge is 2.24. The van der Waals surface area contributed by atoms with Crippen molar-refractivity contribution in [2.45, 2.75) is 19.8 Å². The number of hydrogen-bond donors (Lipinski definition) is 1. The number of amides is 3. The van der Waals surface area contributed by atoms with Gasteiger partial charge in [0.15, 0.2) is 0 Å². The van der Waals surface area contributed by atoms with Crippen LogP contribution in [0.3, 0.4) is 0 Å². The van der Waals surface area contributed by atoms with E-state index in [1.54, 1.807) is 11.2 Å². The number of piperazine rings is 1. The van der Waals surface area contributed by atoms with E-state index in [4.69, 9.17) is 4.42 Å². The molecule has 2 heterocycles. The van der Waals surface area contributed by atoms with Crippen molar-refractivity contribution in [2.75, 3.05) is 31.5 Å². The van der Waals surface area contributed by atoms with Gasteiger partial charge in [0.1, 0.15) is 5.76 Å². The summed E-state index contributed by atoms with van der Waals surface area (Å²) in [5, 5.41) is 2.91. The third kappa shape index (κ3) is 4.62. The zero-order valence-electron chi connectivity index (χ0n) is 14.4. The fourth-order valence-electron chi connectivity index (χ4n) is 2.93. The van der Waals surface area contributed by atoms with Crippen LogP contribution in [0.1, 0.15) is 17.7 Å². The Kier molecular flexibility index (Phi) is 5.38. The minimum absolute atomic E-state index is 0.107. The molecule has 132 valence electrons. The van der Waals surface area contributed by atoms with Gasteiger partial charge < -0.3 is 19.5 Å². The van der Waals surface area contributed by atoms with E-state index in [2.05, 4.69) is 5.32 Å². The molecule has 0 radical (unpaired) electrons. The van der Waals surface area contributed by atoms with E-state index in [0.717, 1.165) is 17.0 Å². The Morgan fingerprint density at radius 1 is 1.08 bits per heavy atom. The van der Waals surface area contributed by atoms with Crippen LogP contribution in [0, 0.1) is 6.92 Å². The molecule has 3 rings (SSSR count). The van der Waals surface area contributed by atoms with Gasteiger partial charge in [-0.15, -0.1) is 0 Å². The Balaban J connectivity index is 1.44. The maximum Gasteiger partial charge on any atom is 0.321 e. The van der Waals surface area contributed by atoms with Crippen molar-refractivity contribution in [1.29, 1.82) is 0 Å². The van der Waals surface area contributed by atoms with E-state index in [-0.39, 0.29) is 11.9 Å². The predicted molar refractivity (Wildman–Crippen MR) is 95.4 cm³/mol. The zero-order chi connectivity index (χ0) is 17.6. The standard InChI is InChI=1S/C19H23N3O3/c1-15-4-2-5-16(14-15)20-19(24)22-11-9-21(10-12-22)18(23)8-7-17-6-3-13-25-17/h2-6,13-14H,7-12H2,1H3,(H,20,24). The molecule has 0 unspecified atom stereocenters. The van der Waals surface area contributed by atoms with Gasteiger partial charge in [-0.3, -0.25) is 4.79 Å². The number of carbonyl (C=O) groups is 2. The molecule has 0 atom stereocenters. The third-order valence-corrected chi connectivity index (χ3v) is 4.35. The number of aryl methyl sites for hydroxylation is 2. The zero-order valence-corrected chi connectivity index (χ0v) is 14.4. The van der Waals surface area contributed by atoms with E-state index in [1.807, 2.05) is 48.2 Å². The van der Waals surface area contributed by atoms with Crippen LogP contribution in [0.4, 0.5) is 10.5 Å². The summed E-state index contributed by atoms with van der Waals surface area (Å²) in [7, 11) is 0. The first kappa shape index (κ1) is 17.1. The average molecular weight is 341 g/mol. The molecule has 1 saturated heterocycles. The van der Waals surface area contributed by atoms with Gasteiger partial charge in [0, 0.05) is 44.7 Å². The molecule has 1 aromatic carbocycles. The van der Waals surface area contributed by atoms with Crippen LogP contribution in [0.15, 0.2) is 47.1 Å². The van der Waals surface area contributed by atoms with Gasteiger partial charge in [-0.05, 0) is 36.8 Å². The maximum absolute atomic E-state index is 12.3. The second-order valence-electron chi connectivity index (χ2n) is 6.25. The second-order valence-corrected chi connectivity index (χ2v) is 6.25. The lowest BCUT2D eigenvalue weighted by Gasteiger charge is -2.34. The minimum atomic E-state index is -0.117. The Morgan fingerprint density at radius 2 is 1.84 bits per heavy atom. The maximum atomic E-state index is 12.3. The van der Waals surface area contributed by atoms with Crippen molar-refractivity contribution in [3.8, 4) is 0 Å². The lowest BCUT2D eigenvalue weighted by Crippen LogP contribution is -2.51. The summed E-state index contributed by atoms with van der Waals surface area (Å²) < 4.78 is 5.25. The van der Waals surface area contributed by atoms with Crippen molar-refractivity contribution in [3.05, 3.63) is 54.0 Å². The molecule has 0 aliphatic carbocycles. The fraction of sp³-hybridized carbons (Fsp3) is 0.368. The molecule has 0 spiro atoms. The van der Waals surface area contributed by atoms with Crippen LogP contribution in [-0.2, 0) is 11.2 Å². The number of carbonyl (C=O) groups excluding carboxylic acids is 2. The SMILES string of the molecule is Cc1cccc(NC(=O)N2CCN(C(=O)CCc3ccco3)CC2)c1.